The molecular weight excluding hydrogens is 268 g/mol. The van der Waals surface area contributed by atoms with Gasteiger partial charge in [-0.05, 0) is 18.2 Å². The molecule has 0 radical (unpaired) electrons. The monoisotopic (exact) mass is 284 g/mol. The number of carbonyl (C=O) groups excluding carboxylic acids is 1. The Kier molecular flexibility index (Phi) is 5.48. The van der Waals surface area contributed by atoms with Crippen molar-refractivity contribution in [1.29, 1.82) is 0 Å². The second kappa shape index (κ2) is 6.88. The summed E-state index contributed by atoms with van der Waals surface area (Å²) in [6.45, 7) is 0. The minimum Gasteiger partial charge on any atom is -0.496 e. The van der Waals surface area contributed by atoms with Crippen LogP contribution in [0.3, 0.4) is 0 Å². The highest BCUT2D eigenvalue weighted by molar-refractivity contribution is 5.89. The van der Waals surface area contributed by atoms with Gasteiger partial charge in [-0.15, -0.1) is 0 Å². The van der Waals surface area contributed by atoms with E-state index in [2.05, 4.69) is 4.74 Å². The fourth-order valence-corrected chi connectivity index (χ4v) is 1.71. The van der Waals surface area contributed by atoms with Gasteiger partial charge in [-0.1, -0.05) is 0 Å². The van der Waals surface area contributed by atoms with Crippen molar-refractivity contribution in [2.24, 2.45) is 0 Å². The molecule has 0 aliphatic carbocycles. The largest absolute Gasteiger partial charge is 0.496 e. The first kappa shape index (κ1) is 15.9. The van der Waals surface area contributed by atoms with Gasteiger partial charge in [-0.25, -0.2) is 4.79 Å². The number of carboxylic acids is 1. The summed E-state index contributed by atoms with van der Waals surface area (Å²) in [7, 11) is 2.56. The minimum atomic E-state index is -1.52. The predicted octanol–water partition coefficient (Wildman–Crippen LogP) is 0.351. The van der Waals surface area contributed by atoms with Crippen LogP contribution in [0.2, 0.25) is 0 Å². The van der Waals surface area contributed by atoms with E-state index in [1.165, 1.54) is 32.4 Å². The fourth-order valence-electron chi connectivity index (χ4n) is 1.71. The van der Waals surface area contributed by atoms with Crippen molar-refractivity contribution in [3.8, 4) is 5.75 Å². The van der Waals surface area contributed by atoms with Crippen LogP contribution in [0.5, 0.6) is 5.75 Å². The van der Waals surface area contributed by atoms with Crippen LogP contribution in [0, 0.1) is 0 Å². The van der Waals surface area contributed by atoms with E-state index in [0.29, 0.717) is 0 Å². The zero-order chi connectivity index (χ0) is 15.3. The minimum absolute atomic E-state index is 0.115. The third-order valence-corrected chi connectivity index (χ3v) is 2.72. The van der Waals surface area contributed by atoms with Crippen LogP contribution >= 0.6 is 0 Å². The van der Waals surface area contributed by atoms with Gasteiger partial charge in [0.1, 0.15) is 11.9 Å². The first-order valence-electron chi connectivity index (χ1n) is 5.74. The number of hydrogen-bond donors (Lipinski definition) is 3. The van der Waals surface area contributed by atoms with Crippen LogP contribution in [0.15, 0.2) is 18.2 Å². The van der Waals surface area contributed by atoms with Crippen LogP contribution in [-0.2, 0) is 9.53 Å². The quantitative estimate of drug-likeness (QED) is 0.646. The van der Waals surface area contributed by atoms with Crippen molar-refractivity contribution >= 4 is 11.9 Å². The lowest BCUT2D eigenvalue weighted by molar-refractivity contribution is -0.141. The number of carboxylic acid groups (broad SMARTS) is 1. The highest BCUT2D eigenvalue weighted by atomic mass is 16.5. The molecule has 0 bridgehead atoms. The number of hydrogen-bond acceptors (Lipinski definition) is 6. The molecule has 0 aliphatic heterocycles. The average molecular weight is 284 g/mol. The van der Waals surface area contributed by atoms with Gasteiger partial charge in [-0.3, -0.25) is 4.79 Å². The zero-order valence-corrected chi connectivity index (χ0v) is 11.1. The summed E-state index contributed by atoms with van der Waals surface area (Å²) in [6, 6.07) is 4.16. The molecule has 0 aliphatic rings. The molecule has 7 nitrogen and oxygen atoms in total. The summed E-state index contributed by atoms with van der Waals surface area (Å²) in [5.74, 6) is -1.64. The number of benzene rings is 1. The summed E-state index contributed by atoms with van der Waals surface area (Å²) in [5.41, 5.74) is 0.272. The van der Waals surface area contributed by atoms with Crippen LogP contribution in [0.4, 0.5) is 0 Å². The maximum Gasteiger partial charge on any atom is 0.337 e. The van der Waals surface area contributed by atoms with Crippen molar-refractivity contribution in [1.82, 2.24) is 0 Å². The molecule has 0 saturated heterocycles. The third kappa shape index (κ3) is 3.69. The van der Waals surface area contributed by atoms with Crippen LogP contribution in [-0.4, -0.2) is 47.6 Å². The van der Waals surface area contributed by atoms with E-state index in [-0.39, 0.29) is 16.9 Å². The van der Waals surface area contributed by atoms with Crippen LogP contribution < -0.4 is 4.74 Å². The first-order chi connectivity index (χ1) is 9.40. The molecule has 1 aromatic carbocycles. The molecule has 0 heterocycles. The number of carbonyl (C=O) groups is 2. The normalized spacial score (nSPS) is 13.4. The number of aliphatic hydroxyl groups is 2. The van der Waals surface area contributed by atoms with E-state index in [0.717, 1.165) is 0 Å². The van der Waals surface area contributed by atoms with Gasteiger partial charge < -0.3 is 24.8 Å². The molecule has 3 N–H and O–H groups in total. The van der Waals surface area contributed by atoms with Gasteiger partial charge in [0.25, 0.3) is 0 Å². The van der Waals surface area contributed by atoms with Gasteiger partial charge in [-0.2, -0.15) is 0 Å². The molecular formula is C13H16O7. The molecule has 1 aromatic rings. The van der Waals surface area contributed by atoms with Crippen molar-refractivity contribution in [2.45, 2.75) is 18.6 Å². The molecule has 110 valence electrons. The Balaban J connectivity index is 3.12. The van der Waals surface area contributed by atoms with Crippen molar-refractivity contribution in [2.75, 3.05) is 14.2 Å². The summed E-state index contributed by atoms with van der Waals surface area (Å²) >= 11 is 0. The number of esters is 1. The highest BCUT2D eigenvalue weighted by Gasteiger charge is 2.25. The lowest BCUT2D eigenvalue weighted by Gasteiger charge is -2.19. The van der Waals surface area contributed by atoms with E-state index in [1.54, 1.807) is 0 Å². The topological polar surface area (TPSA) is 113 Å². The molecule has 2 unspecified atom stereocenters. The Morgan fingerprint density at radius 2 is 1.90 bits per heavy atom. The molecule has 7 heteroatoms. The van der Waals surface area contributed by atoms with E-state index in [1.807, 2.05) is 0 Å². The zero-order valence-electron chi connectivity index (χ0n) is 11.1. The van der Waals surface area contributed by atoms with Crippen molar-refractivity contribution < 1.29 is 34.4 Å². The molecule has 0 fully saturated rings. The van der Waals surface area contributed by atoms with Gasteiger partial charge in [0.2, 0.25) is 0 Å². The molecule has 20 heavy (non-hydrogen) atoms. The molecule has 0 amide bonds. The smallest absolute Gasteiger partial charge is 0.337 e. The Bertz CT molecular complexity index is 497. The molecule has 0 aromatic heterocycles. The number of ether oxygens (including phenoxy) is 2. The third-order valence-electron chi connectivity index (χ3n) is 2.72. The maximum atomic E-state index is 11.4. The van der Waals surface area contributed by atoms with E-state index < -0.39 is 30.6 Å². The van der Waals surface area contributed by atoms with E-state index in [9.17, 15) is 19.8 Å². The van der Waals surface area contributed by atoms with Crippen molar-refractivity contribution in [3.05, 3.63) is 29.3 Å². The number of methoxy groups -OCH3 is 2. The van der Waals surface area contributed by atoms with Gasteiger partial charge in [0, 0.05) is 5.56 Å². The molecule has 0 saturated carbocycles. The predicted molar refractivity (Wildman–Crippen MR) is 67.6 cm³/mol. The van der Waals surface area contributed by atoms with Crippen molar-refractivity contribution in [3.63, 3.8) is 0 Å². The highest BCUT2D eigenvalue weighted by Crippen LogP contribution is 2.29. The Hall–Kier alpha value is -2.12. The lowest BCUT2D eigenvalue weighted by Crippen LogP contribution is -2.22. The van der Waals surface area contributed by atoms with Gasteiger partial charge >= 0.3 is 11.9 Å². The number of aliphatic carboxylic acids is 1. The number of aliphatic hydroxyl groups excluding tert-OH is 2. The Morgan fingerprint density at radius 1 is 1.25 bits per heavy atom. The van der Waals surface area contributed by atoms with E-state index >= 15 is 0 Å². The molecule has 0 spiro atoms. The van der Waals surface area contributed by atoms with Gasteiger partial charge in [0.15, 0.2) is 0 Å². The summed E-state index contributed by atoms with van der Waals surface area (Å²) < 4.78 is 9.57. The summed E-state index contributed by atoms with van der Waals surface area (Å²) in [6.07, 6.45) is -3.65. The van der Waals surface area contributed by atoms with E-state index in [4.69, 9.17) is 9.84 Å². The maximum absolute atomic E-state index is 11.4. The van der Waals surface area contributed by atoms with Crippen LogP contribution in [0.1, 0.15) is 28.4 Å². The number of rotatable bonds is 6. The summed E-state index contributed by atoms with van der Waals surface area (Å²) in [5, 5.41) is 28.2. The van der Waals surface area contributed by atoms with Gasteiger partial charge in [0.05, 0.1) is 32.3 Å². The van der Waals surface area contributed by atoms with Crippen LogP contribution in [0.25, 0.3) is 0 Å². The summed E-state index contributed by atoms with van der Waals surface area (Å²) in [4.78, 5) is 22.0. The second-order valence-electron chi connectivity index (χ2n) is 4.06. The lowest BCUT2D eigenvalue weighted by atomic mass is 9.99. The first-order valence-corrected chi connectivity index (χ1v) is 5.74. The fraction of sp³-hybridized carbons (Fsp3) is 0.385. The Morgan fingerprint density at radius 3 is 2.40 bits per heavy atom. The SMILES string of the molecule is COC(=O)c1ccc(OC)c(C(O)C(O)CC(=O)O)c1. The molecule has 2 atom stereocenters. The standard InChI is InChI=1S/C13H16O7/c1-19-10-4-3-7(13(18)20-2)5-8(10)12(17)9(14)6-11(15)16/h3-5,9,12,14,17H,6H2,1-2H3,(H,15,16). The average Bonchev–Trinajstić information content (AvgIpc) is 2.44. The Labute approximate surface area is 115 Å². The molecule has 1 rings (SSSR count). The second-order valence-corrected chi connectivity index (χ2v) is 4.06.